The SMILES string of the molecule is CCc1cc(Cl)cc(P)c1OC. The van der Waals surface area contributed by atoms with Gasteiger partial charge in [0.05, 0.1) is 7.11 Å². The van der Waals surface area contributed by atoms with Crippen molar-refractivity contribution in [2.75, 3.05) is 7.11 Å². The van der Waals surface area contributed by atoms with Gasteiger partial charge < -0.3 is 4.74 Å². The molecule has 1 unspecified atom stereocenters. The van der Waals surface area contributed by atoms with Crippen LogP contribution >= 0.6 is 20.8 Å². The molecule has 12 heavy (non-hydrogen) atoms. The van der Waals surface area contributed by atoms with Gasteiger partial charge in [0.25, 0.3) is 0 Å². The van der Waals surface area contributed by atoms with Crippen molar-refractivity contribution in [2.45, 2.75) is 13.3 Å². The summed E-state index contributed by atoms with van der Waals surface area (Å²) in [6.45, 7) is 2.08. The number of halogens is 1. The normalized spacial score (nSPS) is 10.0. The highest BCUT2D eigenvalue weighted by Gasteiger charge is 2.05. The quantitative estimate of drug-likeness (QED) is 0.670. The lowest BCUT2D eigenvalue weighted by Gasteiger charge is -2.09. The summed E-state index contributed by atoms with van der Waals surface area (Å²) in [6, 6.07) is 3.82. The topological polar surface area (TPSA) is 9.23 Å². The predicted molar refractivity (Wildman–Crippen MR) is 56.7 cm³/mol. The summed E-state index contributed by atoms with van der Waals surface area (Å²) in [4.78, 5) is 0. The maximum atomic E-state index is 5.89. The number of benzene rings is 1. The van der Waals surface area contributed by atoms with Crippen molar-refractivity contribution in [1.29, 1.82) is 0 Å². The first-order valence-corrected chi connectivity index (χ1v) is 4.76. The van der Waals surface area contributed by atoms with E-state index < -0.39 is 0 Å². The van der Waals surface area contributed by atoms with Gasteiger partial charge in [0.15, 0.2) is 0 Å². The maximum Gasteiger partial charge on any atom is 0.129 e. The first kappa shape index (κ1) is 9.83. The Bertz CT molecular complexity index is 286. The van der Waals surface area contributed by atoms with Gasteiger partial charge in [0.1, 0.15) is 5.75 Å². The fraction of sp³-hybridized carbons (Fsp3) is 0.333. The molecule has 66 valence electrons. The van der Waals surface area contributed by atoms with Gasteiger partial charge in [-0.15, -0.1) is 9.24 Å². The first-order valence-electron chi connectivity index (χ1n) is 3.81. The molecule has 0 heterocycles. The Labute approximate surface area is 80.3 Å². The third-order valence-corrected chi connectivity index (χ3v) is 2.39. The van der Waals surface area contributed by atoms with E-state index in [-0.39, 0.29) is 0 Å². The van der Waals surface area contributed by atoms with Crippen LogP contribution in [0.4, 0.5) is 0 Å². The molecule has 0 aliphatic carbocycles. The fourth-order valence-corrected chi connectivity index (χ4v) is 2.02. The Morgan fingerprint density at radius 3 is 2.67 bits per heavy atom. The largest absolute Gasteiger partial charge is 0.496 e. The number of hydrogen-bond acceptors (Lipinski definition) is 1. The lowest BCUT2D eigenvalue weighted by molar-refractivity contribution is 0.414. The lowest BCUT2D eigenvalue weighted by atomic mass is 10.1. The Kier molecular flexibility index (Phi) is 3.37. The zero-order valence-corrected chi connectivity index (χ0v) is 9.14. The van der Waals surface area contributed by atoms with Gasteiger partial charge in [-0.25, -0.2) is 0 Å². The fourth-order valence-electron chi connectivity index (χ4n) is 1.18. The van der Waals surface area contributed by atoms with E-state index in [1.165, 1.54) is 0 Å². The summed E-state index contributed by atoms with van der Waals surface area (Å²) in [5.41, 5.74) is 1.15. The highest BCUT2D eigenvalue weighted by molar-refractivity contribution is 7.27. The number of aryl methyl sites for hydroxylation is 1. The molecule has 3 heteroatoms. The average molecular weight is 203 g/mol. The predicted octanol–water partition coefficient (Wildman–Crippen LogP) is 2.41. The van der Waals surface area contributed by atoms with Crippen molar-refractivity contribution in [2.24, 2.45) is 0 Å². The van der Waals surface area contributed by atoms with Crippen LogP contribution in [-0.2, 0) is 6.42 Å². The molecule has 1 atom stereocenters. The van der Waals surface area contributed by atoms with Crippen LogP contribution in [0.2, 0.25) is 5.02 Å². The molecule has 0 aromatic heterocycles. The van der Waals surface area contributed by atoms with Gasteiger partial charge >= 0.3 is 0 Å². The average Bonchev–Trinajstić information content (AvgIpc) is 2.03. The maximum absolute atomic E-state index is 5.89. The van der Waals surface area contributed by atoms with Gasteiger partial charge in [-0.3, -0.25) is 0 Å². The second kappa shape index (κ2) is 4.11. The van der Waals surface area contributed by atoms with Crippen LogP contribution in [0.3, 0.4) is 0 Å². The van der Waals surface area contributed by atoms with E-state index in [9.17, 15) is 0 Å². The smallest absolute Gasteiger partial charge is 0.129 e. The molecule has 0 radical (unpaired) electrons. The zero-order chi connectivity index (χ0) is 9.14. The van der Waals surface area contributed by atoms with Crippen LogP contribution in [0.1, 0.15) is 12.5 Å². The Morgan fingerprint density at radius 2 is 2.17 bits per heavy atom. The standard InChI is InChI=1S/C9H12ClOP/c1-3-6-4-7(10)5-8(12)9(6)11-2/h4-5H,3,12H2,1-2H3. The summed E-state index contributed by atoms with van der Waals surface area (Å²) in [5.74, 6) is 0.923. The van der Waals surface area contributed by atoms with Crippen LogP contribution < -0.4 is 10.0 Å². The molecule has 0 N–H and O–H groups in total. The number of rotatable bonds is 2. The van der Waals surface area contributed by atoms with Crippen molar-refractivity contribution >= 4 is 26.1 Å². The van der Waals surface area contributed by atoms with E-state index in [1.54, 1.807) is 7.11 Å². The molecule has 1 rings (SSSR count). The number of ether oxygens (including phenoxy) is 1. The van der Waals surface area contributed by atoms with Crippen molar-refractivity contribution < 1.29 is 4.74 Å². The molecule has 1 aromatic rings. The minimum Gasteiger partial charge on any atom is -0.496 e. The van der Waals surface area contributed by atoms with E-state index >= 15 is 0 Å². The lowest BCUT2D eigenvalue weighted by Crippen LogP contribution is -2.02. The Balaban J connectivity index is 3.24. The molecule has 1 aromatic carbocycles. The molecule has 0 saturated carbocycles. The van der Waals surface area contributed by atoms with Gasteiger partial charge in [0, 0.05) is 10.3 Å². The molecule has 1 nitrogen and oxygen atoms in total. The highest BCUT2D eigenvalue weighted by Crippen LogP contribution is 2.22. The monoisotopic (exact) mass is 202 g/mol. The molecule has 0 fully saturated rings. The van der Waals surface area contributed by atoms with Gasteiger partial charge in [-0.05, 0) is 24.1 Å². The van der Waals surface area contributed by atoms with Crippen LogP contribution in [0, 0.1) is 0 Å². The van der Waals surface area contributed by atoms with Gasteiger partial charge in [-0.1, -0.05) is 18.5 Å². The Morgan fingerprint density at radius 1 is 1.50 bits per heavy atom. The molecule has 0 saturated heterocycles. The first-order chi connectivity index (χ1) is 5.69. The third-order valence-electron chi connectivity index (χ3n) is 1.74. The molecule has 0 spiro atoms. The second-order valence-corrected chi connectivity index (χ2v) is 3.60. The van der Waals surface area contributed by atoms with E-state index in [0.29, 0.717) is 0 Å². The highest BCUT2D eigenvalue weighted by atomic mass is 35.5. The molecule has 0 bridgehead atoms. The van der Waals surface area contributed by atoms with Crippen molar-refractivity contribution in [1.82, 2.24) is 0 Å². The minimum atomic E-state index is 0.762. The summed E-state index contributed by atoms with van der Waals surface area (Å²) >= 11 is 5.89. The minimum absolute atomic E-state index is 0.762. The summed E-state index contributed by atoms with van der Waals surface area (Å²) in [6.07, 6.45) is 0.936. The van der Waals surface area contributed by atoms with E-state index in [1.807, 2.05) is 12.1 Å². The molecule has 0 aliphatic heterocycles. The van der Waals surface area contributed by atoms with Crippen LogP contribution in [0.5, 0.6) is 5.75 Å². The van der Waals surface area contributed by atoms with Gasteiger partial charge in [-0.2, -0.15) is 0 Å². The number of hydrogen-bond donors (Lipinski definition) is 0. The third kappa shape index (κ3) is 1.91. The van der Waals surface area contributed by atoms with Gasteiger partial charge in [0.2, 0.25) is 0 Å². The van der Waals surface area contributed by atoms with Crippen LogP contribution in [0.25, 0.3) is 0 Å². The summed E-state index contributed by atoms with van der Waals surface area (Å²) in [5, 5.41) is 1.78. The summed E-state index contributed by atoms with van der Waals surface area (Å²) < 4.78 is 5.24. The van der Waals surface area contributed by atoms with Crippen LogP contribution in [0.15, 0.2) is 12.1 Å². The van der Waals surface area contributed by atoms with E-state index in [0.717, 1.165) is 28.1 Å². The molecule has 0 amide bonds. The molecular formula is C9H12ClOP. The molecule has 0 aliphatic rings. The zero-order valence-electron chi connectivity index (χ0n) is 7.23. The van der Waals surface area contributed by atoms with E-state index in [2.05, 4.69) is 16.2 Å². The summed E-state index contributed by atoms with van der Waals surface area (Å²) in [7, 11) is 4.30. The van der Waals surface area contributed by atoms with E-state index in [4.69, 9.17) is 16.3 Å². The Hall–Kier alpha value is -0.260. The van der Waals surface area contributed by atoms with Crippen molar-refractivity contribution in [3.05, 3.63) is 22.7 Å². The number of methoxy groups -OCH3 is 1. The van der Waals surface area contributed by atoms with Crippen LogP contribution in [-0.4, -0.2) is 7.11 Å². The van der Waals surface area contributed by atoms with Crippen molar-refractivity contribution in [3.8, 4) is 5.75 Å². The second-order valence-electron chi connectivity index (χ2n) is 2.54. The molecular weight excluding hydrogens is 191 g/mol. The van der Waals surface area contributed by atoms with Crippen molar-refractivity contribution in [3.63, 3.8) is 0 Å².